The molecule has 3 nitrogen and oxygen atoms in total. The van der Waals surface area contributed by atoms with Crippen molar-refractivity contribution in [3.8, 4) is 10.6 Å². The van der Waals surface area contributed by atoms with Crippen LogP contribution in [0.3, 0.4) is 0 Å². The number of aromatic nitrogens is 2. The molecule has 3 rings (SSSR count). The summed E-state index contributed by atoms with van der Waals surface area (Å²) in [6.07, 6.45) is 3.55. The molecule has 2 aromatic heterocycles. The molecule has 1 aromatic carbocycles. The zero-order valence-electron chi connectivity index (χ0n) is 8.72. The molecule has 0 aliphatic rings. The molecule has 2 N–H and O–H groups in total. The van der Waals surface area contributed by atoms with Crippen LogP contribution < -0.4 is 5.73 Å². The SMILES string of the molecule is Nc1cc(Br)cc(-c2nc3cnccc3s2)c1. The third-order valence-electron chi connectivity index (χ3n) is 2.36. The number of nitrogens with zero attached hydrogens (tertiary/aromatic N) is 2. The maximum absolute atomic E-state index is 5.83. The first-order valence-electron chi connectivity index (χ1n) is 4.99. The summed E-state index contributed by atoms with van der Waals surface area (Å²) < 4.78 is 2.10. The van der Waals surface area contributed by atoms with Crippen molar-refractivity contribution in [1.29, 1.82) is 0 Å². The number of thiazole rings is 1. The highest BCUT2D eigenvalue weighted by molar-refractivity contribution is 9.10. The molecule has 5 heteroatoms. The third-order valence-corrected chi connectivity index (χ3v) is 3.90. The number of hydrogen-bond donors (Lipinski definition) is 1. The second-order valence-corrected chi connectivity index (χ2v) is 5.58. The first kappa shape index (κ1) is 10.7. The largest absolute Gasteiger partial charge is 0.399 e. The number of halogens is 1. The molecule has 0 radical (unpaired) electrons. The van der Waals surface area contributed by atoms with E-state index in [1.807, 2.05) is 24.3 Å². The highest BCUT2D eigenvalue weighted by atomic mass is 79.9. The fourth-order valence-electron chi connectivity index (χ4n) is 1.64. The second-order valence-electron chi connectivity index (χ2n) is 3.64. The van der Waals surface area contributed by atoms with Gasteiger partial charge < -0.3 is 5.73 Å². The van der Waals surface area contributed by atoms with Crippen LogP contribution in [0.1, 0.15) is 0 Å². The van der Waals surface area contributed by atoms with Crippen LogP contribution in [0.2, 0.25) is 0 Å². The van der Waals surface area contributed by atoms with E-state index in [-0.39, 0.29) is 0 Å². The van der Waals surface area contributed by atoms with E-state index in [4.69, 9.17) is 5.73 Å². The Hall–Kier alpha value is -1.46. The Labute approximate surface area is 110 Å². The van der Waals surface area contributed by atoms with Crippen LogP contribution in [0.15, 0.2) is 41.1 Å². The van der Waals surface area contributed by atoms with Gasteiger partial charge >= 0.3 is 0 Å². The lowest BCUT2D eigenvalue weighted by molar-refractivity contribution is 1.34. The summed E-state index contributed by atoms with van der Waals surface area (Å²) in [5, 5.41) is 0.959. The number of pyridine rings is 1. The maximum Gasteiger partial charge on any atom is 0.124 e. The number of hydrogen-bond acceptors (Lipinski definition) is 4. The zero-order chi connectivity index (χ0) is 11.8. The molecule has 0 bridgehead atoms. The summed E-state index contributed by atoms with van der Waals surface area (Å²) in [7, 11) is 0. The van der Waals surface area contributed by atoms with Gasteiger partial charge in [-0.05, 0) is 24.3 Å². The molecule has 2 heterocycles. The van der Waals surface area contributed by atoms with Gasteiger partial charge in [0.25, 0.3) is 0 Å². The van der Waals surface area contributed by atoms with E-state index >= 15 is 0 Å². The van der Waals surface area contributed by atoms with E-state index in [9.17, 15) is 0 Å². The number of nitrogens with two attached hydrogens (primary N) is 1. The monoisotopic (exact) mass is 305 g/mol. The fourth-order valence-corrected chi connectivity index (χ4v) is 3.07. The van der Waals surface area contributed by atoms with E-state index in [2.05, 4.69) is 25.9 Å². The Balaban J connectivity index is 2.20. The molecule has 0 unspecified atom stereocenters. The predicted octanol–water partition coefficient (Wildman–Crippen LogP) is 3.70. The van der Waals surface area contributed by atoms with Crippen molar-refractivity contribution in [3.63, 3.8) is 0 Å². The lowest BCUT2D eigenvalue weighted by atomic mass is 10.2. The Morgan fingerprint density at radius 3 is 2.88 bits per heavy atom. The van der Waals surface area contributed by atoms with Gasteiger partial charge in [-0.2, -0.15) is 0 Å². The van der Waals surface area contributed by atoms with Crippen molar-refractivity contribution >= 4 is 43.2 Å². The van der Waals surface area contributed by atoms with Gasteiger partial charge in [0, 0.05) is 21.9 Å². The first-order chi connectivity index (χ1) is 8.22. The predicted molar refractivity (Wildman–Crippen MR) is 75.0 cm³/mol. The van der Waals surface area contributed by atoms with Crippen molar-refractivity contribution in [3.05, 3.63) is 41.1 Å². The van der Waals surface area contributed by atoms with Gasteiger partial charge in [-0.15, -0.1) is 11.3 Å². The van der Waals surface area contributed by atoms with Gasteiger partial charge in [0.05, 0.1) is 10.9 Å². The van der Waals surface area contributed by atoms with Crippen LogP contribution in [0, 0.1) is 0 Å². The number of fused-ring (bicyclic) bond motifs is 1. The van der Waals surface area contributed by atoms with E-state index in [0.29, 0.717) is 0 Å². The van der Waals surface area contributed by atoms with Gasteiger partial charge in [-0.25, -0.2) is 4.98 Å². The van der Waals surface area contributed by atoms with Crippen LogP contribution in [0.25, 0.3) is 20.8 Å². The standard InChI is InChI=1S/C12H8BrN3S/c13-8-3-7(4-9(14)5-8)12-16-10-6-15-2-1-11(10)17-12/h1-6H,14H2. The summed E-state index contributed by atoms with van der Waals surface area (Å²) in [5.74, 6) is 0. The molecule has 84 valence electrons. The summed E-state index contributed by atoms with van der Waals surface area (Å²) in [6, 6.07) is 7.79. The molecule has 0 saturated carbocycles. The minimum absolute atomic E-state index is 0.728. The van der Waals surface area contributed by atoms with Gasteiger partial charge in [0.15, 0.2) is 0 Å². The summed E-state index contributed by atoms with van der Waals surface area (Å²) in [4.78, 5) is 8.61. The molecule has 0 amide bonds. The average molecular weight is 306 g/mol. The van der Waals surface area contributed by atoms with Gasteiger partial charge in [0.2, 0.25) is 0 Å². The Kier molecular flexibility index (Phi) is 2.57. The third kappa shape index (κ3) is 2.03. The number of benzene rings is 1. The molecule has 0 aliphatic carbocycles. The van der Waals surface area contributed by atoms with Crippen molar-refractivity contribution < 1.29 is 0 Å². The molecule has 0 aliphatic heterocycles. The smallest absolute Gasteiger partial charge is 0.124 e. The minimum atomic E-state index is 0.728. The van der Waals surface area contributed by atoms with Gasteiger partial charge in [-0.3, -0.25) is 4.98 Å². The van der Waals surface area contributed by atoms with E-state index < -0.39 is 0 Å². The Morgan fingerprint density at radius 1 is 1.24 bits per heavy atom. The fraction of sp³-hybridized carbons (Fsp3) is 0. The Morgan fingerprint density at radius 2 is 2.12 bits per heavy atom. The number of anilines is 1. The van der Waals surface area contributed by atoms with Crippen molar-refractivity contribution in [2.75, 3.05) is 5.73 Å². The number of nitrogen functional groups attached to an aromatic ring is 1. The molecular weight excluding hydrogens is 298 g/mol. The molecule has 0 atom stereocenters. The first-order valence-corrected chi connectivity index (χ1v) is 6.60. The second kappa shape index (κ2) is 4.09. The molecular formula is C12H8BrN3S. The molecule has 0 fully saturated rings. The molecule has 17 heavy (non-hydrogen) atoms. The molecule has 0 spiro atoms. The quantitative estimate of drug-likeness (QED) is 0.697. The van der Waals surface area contributed by atoms with Crippen molar-refractivity contribution in [2.24, 2.45) is 0 Å². The topological polar surface area (TPSA) is 51.8 Å². The lowest BCUT2D eigenvalue weighted by Gasteiger charge is -1.99. The van der Waals surface area contributed by atoms with Crippen LogP contribution in [-0.4, -0.2) is 9.97 Å². The van der Waals surface area contributed by atoms with Crippen LogP contribution in [0.4, 0.5) is 5.69 Å². The Bertz CT molecular complexity index is 640. The van der Waals surface area contributed by atoms with E-state index in [1.165, 1.54) is 0 Å². The molecule has 3 aromatic rings. The summed E-state index contributed by atoms with van der Waals surface area (Å²) in [6.45, 7) is 0. The number of rotatable bonds is 1. The van der Waals surface area contributed by atoms with Crippen molar-refractivity contribution in [1.82, 2.24) is 9.97 Å². The van der Waals surface area contributed by atoms with E-state index in [1.54, 1.807) is 23.7 Å². The van der Waals surface area contributed by atoms with Crippen LogP contribution in [0.5, 0.6) is 0 Å². The van der Waals surface area contributed by atoms with E-state index in [0.717, 1.165) is 30.9 Å². The van der Waals surface area contributed by atoms with Crippen LogP contribution in [-0.2, 0) is 0 Å². The minimum Gasteiger partial charge on any atom is -0.399 e. The van der Waals surface area contributed by atoms with Crippen molar-refractivity contribution in [2.45, 2.75) is 0 Å². The summed E-state index contributed by atoms with van der Waals surface area (Å²) >= 11 is 5.08. The lowest BCUT2D eigenvalue weighted by Crippen LogP contribution is -1.85. The van der Waals surface area contributed by atoms with Gasteiger partial charge in [-0.1, -0.05) is 15.9 Å². The zero-order valence-corrected chi connectivity index (χ0v) is 11.1. The normalized spacial score (nSPS) is 10.9. The summed E-state index contributed by atoms with van der Waals surface area (Å²) in [5.41, 5.74) is 8.50. The average Bonchev–Trinajstić information content (AvgIpc) is 2.71. The maximum atomic E-state index is 5.83. The van der Waals surface area contributed by atoms with Crippen LogP contribution >= 0.6 is 27.3 Å². The highest BCUT2D eigenvalue weighted by Gasteiger charge is 2.07. The van der Waals surface area contributed by atoms with Gasteiger partial charge in [0.1, 0.15) is 10.5 Å². The molecule has 0 saturated heterocycles. The highest BCUT2D eigenvalue weighted by Crippen LogP contribution is 2.32.